The molecule has 0 saturated heterocycles. The van der Waals surface area contributed by atoms with Crippen LogP contribution in [0.2, 0.25) is 10.0 Å². The first-order chi connectivity index (χ1) is 10.5. The van der Waals surface area contributed by atoms with E-state index in [0.717, 1.165) is 5.56 Å². The van der Waals surface area contributed by atoms with E-state index in [1.165, 1.54) is 6.07 Å². The highest BCUT2D eigenvalue weighted by Crippen LogP contribution is 2.27. The predicted octanol–water partition coefficient (Wildman–Crippen LogP) is 4.24. The quantitative estimate of drug-likeness (QED) is 0.795. The Bertz CT molecular complexity index is 698. The van der Waals surface area contributed by atoms with Gasteiger partial charge in [-0.3, -0.25) is 5.32 Å². The lowest BCUT2D eigenvalue weighted by molar-refractivity contribution is 0.209. The van der Waals surface area contributed by atoms with Crippen molar-refractivity contribution in [3.05, 3.63) is 51.9 Å². The average Bonchev–Trinajstić information content (AvgIpc) is 2.45. The van der Waals surface area contributed by atoms with Crippen LogP contribution in [0.15, 0.2) is 30.3 Å². The molecule has 0 radical (unpaired) electrons. The van der Waals surface area contributed by atoms with E-state index in [2.05, 4.69) is 10.3 Å². The van der Waals surface area contributed by atoms with E-state index in [1.807, 2.05) is 0 Å². The number of halogens is 3. The van der Waals surface area contributed by atoms with E-state index < -0.39 is 12.0 Å². The zero-order valence-electron chi connectivity index (χ0n) is 11.1. The lowest BCUT2D eigenvalue weighted by Gasteiger charge is -2.10. The lowest BCUT2D eigenvalue weighted by atomic mass is 10.1. The van der Waals surface area contributed by atoms with Crippen molar-refractivity contribution in [1.29, 1.82) is 0 Å². The molecule has 116 valence electrons. The Morgan fingerprint density at radius 3 is 2.77 bits per heavy atom. The van der Waals surface area contributed by atoms with Crippen molar-refractivity contribution in [3.63, 3.8) is 0 Å². The minimum atomic E-state index is -1.15. The van der Waals surface area contributed by atoms with Crippen LogP contribution in [0.3, 0.4) is 0 Å². The molecule has 2 rings (SSSR count). The Balaban J connectivity index is 2.03. The molecule has 0 aliphatic rings. The molecule has 0 fully saturated rings. The summed E-state index contributed by atoms with van der Waals surface area (Å²) in [4.78, 5) is 14.2. The molecular formula is C14H11Cl2FN2O3. The van der Waals surface area contributed by atoms with Crippen molar-refractivity contribution < 1.29 is 19.0 Å². The highest BCUT2D eigenvalue weighted by atomic mass is 35.5. The van der Waals surface area contributed by atoms with Gasteiger partial charge in [-0.25, -0.2) is 4.79 Å². The van der Waals surface area contributed by atoms with Crippen molar-refractivity contribution in [2.75, 3.05) is 11.9 Å². The predicted molar refractivity (Wildman–Crippen MR) is 81.5 cm³/mol. The average molecular weight is 345 g/mol. The lowest BCUT2D eigenvalue weighted by Crippen LogP contribution is -2.11. The molecule has 2 N–H and O–H groups in total. The Kier molecular flexibility index (Phi) is 5.41. The summed E-state index contributed by atoms with van der Waals surface area (Å²) in [6.07, 6.45) is -0.767. The van der Waals surface area contributed by atoms with Gasteiger partial charge in [0.25, 0.3) is 0 Å². The zero-order chi connectivity index (χ0) is 16.1. The first kappa shape index (κ1) is 16.3. The standard InChI is InChI=1S/C14H11Cl2FN2O3/c15-9-7-10(16)13(19-12(9)17)22-6-5-8-3-1-2-4-11(8)18-14(20)21/h1-4,7,18H,5-6H2,(H,20,21). The number of nitrogens with one attached hydrogen (secondary N) is 1. The Hall–Kier alpha value is -2.05. The summed E-state index contributed by atoms with van der Waals surface area (Å²) in [6, 6.07) is 8.08. The van der Waals surface area contributed by atoms with Crippen LogP contribution in [-0.2, 0) is 6.42 Å². The molecule has 8 heteroatoms. The van der Waals surface area contributed by atoms with Gasteiger partial charge in [-0.05, 0) is 17.7 Å². The monoisotopic (exact) mass is 344 g/mol. The number of hydrogen-bond donors (Lipinski definition) is 2. The number of hydrogen-bond acceptors (Lipinski definition) is 3. The molecule has 0 saturated carbocycles. The second-order valence-electron chi connectivity index (χ2n) is 4.23. The van der Waals surface area contributed by atoms with Crippen LogP contribution in [0.25, 0.3) is 0 Å². The van der Waals surface area contributed by atoms with E-state index in [-0.39, 0.29) is 22.5 Å². The van der Waals surface area contributed by atoms with Gasteiger partial charge in [-0.2, -0.15) is 9.37 Å². The molecule has 0 spiro atoms. The van der Waals surface area contributed by atoms with Gasteiger partial charge in [-0.15, -0.1) is 0 Å². The van der Waals surface area contributed by atoms with Crippen molar-refractivity contribution >= 4 is 35.0 Å². The van der Waals surface area contributed by atoms with Gasteiger partial charge in [-0.1, -0.05) is 41.4 Å². The van der Waals surface area contributed by atoms with E-state index in [1.54, 1.807) is 24.3 Å². The van der Waals surface area contributed by atoms with E-state index in [9.17, 15) is 9.18 Å². The summed E-state index contributed by atoms with van der Waals surface area (Å²) in [7, 11) is 0. The fraction of sp³-hybridized carbons (Fsp3) is 0.143. The molecule has 1 heterocycles. The van der Waals surface area contributed by atoms with Gasteiger partial charge in [0.05, 0.1) is 11.6 Å². The third kappa shape index (κ3) is 4.22. The smallest absolute Gasteiger partial charge is 0.409 e. The number of amides is 1. The van der Waals surface area contributed by atoms with Gasteiger partial charge in [0.15, 0.2) is 0 Å². The molecule has 1 aromatic carbocycles. The first-order valence-electron chi connectivity index (χ1n) is 6.19. The topological polar surface area (TPSA) is 71.5 Å². The second-order valence-corrected chi connectivity index (χ2v) is 5.05. The number of ether oxygens (including phenoxy) is 1. The van der Waals surface area contributed by atoms with E-state index in [0.29, 0.717) is 12.1 Å². The number of para-hydroxylation sites is 1. The van der Waals surface area contributed by atoms with Crippen LogP contribution in [0.4, 0.5) is 14.9 Å². The van der Waals surface area contributed by atoms with Crippen LogP contribution in [-0.4, -0.2) is 22.8 Å². The molecule has 0 atom stereocenters. The van der Waals surface area contributed by atoms with Gasteiger partial charge < -0.3 is 9.84 Å². The first-order valence-corrected chi connectivity index (χ1v) is 6.95. The van der Waals surface area contributed by atoms with Crippen molar-refractivity contribution in [3.8, 4) is 5.88 Å². The Labute approximate surface area is 135 Å². The molecule has 0 aliphatic heterocycles. The molecule has 1 aromatic heterocycles. The van der Waals surface area contributed by atoms with Crippen LogP contribution in [0.5, 0.6) is 5.88 Å². The minimum absolute atomic E-state index is 0.0627. The molecule has 0 bridgehead atoms. The van der Waals surface area contributed by atoms with Crippen LogP contribution in [0, 0.1) is 5.95 Å². The third-order valence-corrected chi connectivity index (χ3v) is 3.26. The normalized spacial score (nSPS) is 10.3. The largest absolute Gasteiger partial charge is 0.476 e. The second kappa shape index (κ2) is 7.29. The number of carbonyl (C=O) groups is 1. The third-order valence-electron chi connectivity index (χ3n) is 2.72. The number of nitrogens with zero attached hydrogens (tertiary/aromatic N) is 1. The van der Waals surface area contributed by atoms with Gasteiger partial charge in [0, 0.05) is 12.1 Å². The number of rotatable bonds is 5. The van der Waals surface area contributed by atoms with Crippen molar-refractivity contribution in [1.82, 2.24) is 4.98 Å². The van der Waals surface area contributed by atoms with Gasteiger partial charge in [0.2, 0.25) is 11.8 Å². The van der Waals surface area contributed by atoms with Crippen molar-refractivity contribution in [2.45, 2.75) is 6.42 Å². The number of anilines is 1. The highest BCUT2D eigenvalue weighted by Gasteiger charge is 2.11. The Morgan fingerprint density at radius 2 is 2.05 bits per heavy atom. The number of carboxylic acid groups (broad SMARTS) is 1. The molecular weight excluding hydrogens is 334 g/mol. The number of pyridine rings is 1. The summed E-state index contributed by atoms with van der Waals surface area (Å²) in [5.74, 6) is -0.929. The molecule has 5 nitrogen and oxygen atoms in total. The maximum absolute atomic E-state index is 13.3. The maximum atomic E-state index is 13.3. The summed E-state index contributed by atoms with van der Waals surface area (Å²) in [5.41, 5.74) is 1.19. The van der Waals surface area contributed by atoms with E-state index >= 15 is 0 Å². The molecule has 1 amide bonds. The molecule has 22 heavy (non-hydrogen) atoms. The summed E-state index contributed by atoms with van der Waals surface area (Å²) in [5, 5.41) is 11.0. The van der Waals surface area contributed by atoms with Crippen LogP contribution >= 0.6 is 23.2 Å². The number of benzene rings is 1. The van der Waals surface area contributed by atoms with Crippen molar-refractivity contribution in [2.24, 2.45) is 0 Å². The highest BCUT2D eigenvalue weighted by molar-refractivity contribution is 6.35. The van der Waals surface area contributed by atoms with Gasteiger partial charge in [0.1, 0.15) is 5.02 Å². The van der Waals surface area contributed by atoms with Crippen LogP contribution < -0.4 is 10.1 Å². The van der Waals surface area contributed by atoms with Gasteiger partial charge >= 0.3 is 6.09 Å². The molecule has 0 aliphatic carbocycles. The summed E-state index contributed by atoms with van der Waals surface area (Å²) < 4.78 is 18.6. The fourth-order valence-corrected chi connectivity index (χ4v) is 2.18. The minimum Gasteiger partial charge on any atom is -0.476 e. The maximum Gasteiger partial charge on any atom is 0.409 e. The summed E-state index contributed by atoms with van der Waals surface area (Å²) in [6.45, 7) is 0.145. The number of aromatic nitrogens is 1. The summed E-state index contributed by atoms with van der Waals surface area (Å²) >= 11 is 11.4. The zero-order valence-corrected chi connectivity index (χ0v) is 12.7. The molecule has 2 aromatic rings. The SMILES string of the molecule is O=C(O)Nc1ccccc1CCOc1nc(F)c(Cl)cc1Cl. The van der Waals surface area contributed by atoms with E-state index in [4.69, 9.17) is 33.0 Å². The van der Waals surface area contributed by atoms with Crippen LogP contribution in [0.1, 0.15) is 5.56 Å². The fourth-order valence-electron chi connectivity index (χ4n) is 1.76. The Morgan fingerprint density at radius 1 is 1.32 bits per heavy atom. The molecule has 0 unspecified atom stereocenters.